The molecule has 1 N–H and O–H groups in total. The fourth-order valence-electron chi connectivity index (χ4n) is 4.89. The van der Waals surface area contributed by atoms with E-state index in [1.807, 2.05) is 6.07 Å². The van der Waals surface area contributed by atoms with Crippen LogP contribution in [0.4, 0.5) is 0 Å². The molecule has 3 nitrogen and oxygen atoms in total. The van der Waals surface area contributed by atoms with Crippen LogP contribution in [0.5, 0.6) is 5.75 Å². The summed E-state index contributed by atoms with van der Waals surface area (Å²) in [4.78, 5) is 2.35. The summed E-state index contributed by atoms with van der Waals surface area (Å²) >= 11 is 0. The molecule has 3 heteroatoms. The third kappa shape index (κ3) is 6.46. The van der Waals surface area contributed by atoms with Gasteiger partial charge in [-0.2, -0.15) is 0 Å². The molecule has 0 saturated carbocycles. The van der Waals surface area contributed by atoms with Gasteiger partial charge in [-0.25, -0.2) is 0 Å². The number of ether oxygens (including phenoxy) is 1. The number of hydrogen-bond donors (Lipinski definition) is 1. The predicted molar refractivity (Wildman–Crippen MR) is 135 cm³/mol. The molecule has 1 atom stereocenters. The van der Waals surface area contributed by atoms with Crippen LogP contribution in [0.25, 0.3) is 5.57 Å². The fraction of sp³-hybridized carbons (Fsp3) is 0.517. The van der Waals surface area contributed by atoms with Gasteiger partial charge < -0.3 is 14.7 Å². The number of likely N-dealkylation sites (tertiary alicyclic amines) is 1. The Labute approximate surface area is 195 Å². The van der Waals surface area contributed by atoms with Gasteiger partial charge in [0.25, 0.3) is 0 Å². The van der Waals surface area contributed by atoms with Crippen molar-refractivity contribution < 1.29 is 9.84 Å². The van der Waals surface area contributed by atoms with Crippen LogP contribution in [-0.4, -0.2) is 42.4 Å². The van der Waals surface area contributed by atoms with Crippen LogP contribution < -0.4 is 4.74 Å². The number of rotatable bonds is 11. The molecular weight excluding hydrogens is 394 g/mol. The van der Waals surface area contributed by atoms with E-state index in [0.29, 0.717) is 13.2 Å². The Balaban J connectivity index is 1.57. The fourth-order valence-corrected chi connectivity index (χ4v) is 4.89. The maximum absolute atomic E-state index is 10.4. The highest BCUT2D eigenvalue weighted by atomic mass is 16.5. The number of aliphatic hydroxyl groups is 1. The molecule has 1 aliphatic heterocycles. The van der Waals surface area contributed by atoms with Gasteiger partial charge in [0.1, 0.15) is 18.5 Å². The van der Waals surface area contributed by atoms with Gasteiger partial charge in [0.05, 0.1) is 0 Å². The Bertz CT molecular complexity index is 818. The van der Waals surface area contributed by atoms with E-state index in [4.69, 9.17) is 4.74 Å². The second kappa shape index (κ2) is 11.7. The number of β-amino-alcohol motifs (C(OH)–C–C–N with tert-alkyl or cyclic N) is 1. The average molecular weight is 436 g/mol. The van der Waals surface area contributed by atoms with Crippen LogP contribution in [0.2, 0.25) is 0 Å². The first-order valence-electron chi connectivity index (χ1n) is 12.3. The van der Waals surface area contributed by atoms with Crippen molar-refractivity contribution in [1.29, 1.82) is 0 Å². The zero-order valence-corrected chi connectivity index (χ0v) is 20.2. The molecule has 0 aromatic heterocycles. The maximum Gasteiger partial charge on any atom is 0.119 e. The summed E-state index contributed by atoms with van der Waals surface area (Å²) in [6.45, 7) is 14.4. The molecule has 1 fully saturated rings. The number of nitrogens with zero attached hydrogens (tertiary/aromatic N) is 1. The molecule has 0 amide bonds. The first kappa shape index (κ1) is 24.5. The topological polar surface area (TPSA) is 32.7 Å². The minimum atomic E-state index is -0.456. The molecule has 1 saturated heterocycles. The molecule has 2 aromatic rings. The minimum absolute atomic E-state index is 0.0658. The zero-order chi connectivity index (χ0) is 23.0. The van der Waals surface area contributed by atoms with E-state index < -0.39 is 6.10 Å². The SMILES string of the molecule is C=C(CC(CC)(CC)c1ccc(OC[C@@H](O)CN2CCC(C)CC2)cc1)c1ccccc1. The van der Waals surface area contributed by atoms with Gasteiger partial charge in [-0.05, 0) is 85.4 Å². The molecular formula is C29H41NO2. The summed E-state index contributed by atoms with van der Waals surface area (Å²) in [5.74, 6) is 1.63. The molecule has 1 heterocycles. The van der Waals surface area contributed by atoms with Gasteiger partial charge in [0.15, 0.2) is 0 Å². The summed E-state index contributed by atoms with van der Waals surface area (Å²) < 4.78 is 5.92. The molecule has 0 aliphatic carbocycles. The van der Waals surface area contributed by atoms with Gasteiger partial charge in [0, 0.05) is 6.54 Å². The Hall–Kier alpha value is -2.10. The van der Waals surface area contributed by atoms with Crippen molar-refractivity contribution >= 4 is 5.57 Å². The van der Waals surface area contributed by atoms with E-state index in [2.05, 4.69) is 80.8 Å². The van der Waals surface area contributed by atoms with Crippen molar-refractivity contribution in [3.05, 3.63) is 72.3 Å². The second-order valence-corrected chi connectivity index (χ2v) is 9.61. The Morgan fingerprint density at radius 1 is 1.06 bits per heavy atom. The van der Waals surface area contributed by atoms with E-state index in [1.165, 1.54) is 29.5 Å². The molecule has 0 radical (unpaired) electrons. The lowest BCUT2D eigenvalue weighted by Crippen LogP contribution is -2.40. The summed E-state index contributed by atoms with van der Waals surface area (Å²) in [5.41, 5.74) is 3.80. The molecule has 2 aromatic carbocycles. The minimum Gasteiger partial charge on any atom is -0.491 e. The van der Waals surface area contributed by atoms with Crippen molar-refractivity contribution in [2.75, 3.05) is 26.2 Å². The molecule has 0 bridgehead atoms. The molecule has 174 valence electrons. The van der Waals surface area contributed by atoms with Crippen molar-refractivity contribution in [2.45, 2.75) is 64.4 Å². The lowest BCUT2D eigenvalue weighted by atomic mass is 9.71. The number of allylic oxidation sites excluding steroid dienone is 1. The van der Waals surface area contributed by atoms with Crippen molar-refractivity contribution in [2.24, 2.45) is 5.92 Å². The summed E-state index contributed by atoms with van der Waals surface area (Å²) in [7, 11) is 0. The number of piperidine rings is 1. The Kier molecular flexibility index (Phi) is 8.95. The first-order chi connectivity index (χ1) is 15.5. The normalized spacial score (nSPS) is 16.6. The van der Waals surface area contributed by atoms with E-state index >= 15 is 0 Å². The first-order valence-corrected chi connectivity index (χ1v) is 12.3. The molecule has 32 heavy (non-hydrogen) atoms. The highest BCUT2D eigenvalue weighted by Gasteiger charge is 2.29. The van der Waals surface area contributed by atoms with E-state index in [9.17, 15) is 5.11 Å². The zero-order valence-electron chi connectivity index (χ0n) is 20.2. The van der Waals surface area contributed by atoms with Crippen LogP contribution in [0.1, 0.15) is 64.0 Å². The summed E-state index contributed by atoms with van der Waals surface area (Å²) in [6.07, 6.45) is 5.05. The number of benzene rings is 2. The maximum atomic E-state index is 10.4. The Morgan fingerprint density at radius 2 is 1.69 bits per heavy atom. The average Bonchev–Trinajstić information content (AvgIpc) is 2.83. The van der Waals surface area contributed by atoms with Gasteiger partial charge in [-0.15, -0.1) is 0 Å². The van der Waals surface area contributed by atoms with Gasteiger partial charge in [-0.3, -0.25) is 0 Å². The third-order valence-corrected chi connectivity index (χ3v) is 7.34. The Morgan fingerprint density at radius 3 is 2.28 bits per heavy atom. The van der Waals surface area contributed by atoms with Gasteiger partial charge in [-0.1, -0.05) is 69.8 Å². The van der Waals surface area contributed by atoms with Gasteiger partial charge in [0.2, 0.25) is 0 Å². The van der Waals surface area contributed by atoms with Crippen LogP contribution in [-0.2, 0) is 5.41 Å². The number of aliphatic hydroxyl groups excluding tert-OH is 1. The standard InChI is InChI=1S/C29H41NO2/c1-5-29(6-2,20-24(4)25-10-8-7-9-11-25)26-12-14-28(15-13-26)32-22-27(31)21-30-18-16-23(3)17-19-30/h7-15,23,27,31H,4-6,16-22H2,1-3H3/t27-/m0/s1. The quantitative estimate of drug-likeness (QED) is 0.448. The van der Waals surface area contributed by atoms with Crippen LogP contribution >= 0.6 is 0 Å². The monoisotopic (exact) mass is 435 g/mol. The largest absolute Gasteiger partial charge is 0.491 e. The van der Waals surface area contributed by atoms with Crippen LogP contribution in [0.3, 0.4) is 0 Å². The highest BCUT2D eigenvalue weighted by molar-refractivity contribution is 5.64. The highest BCUT2D eigenvalue weighted by Crippen LogP contribution is 2.40. The van der Waals surface area contributed by atoms with Crippen LogP contribution in [0, 0.1) is 5.92 Å². The van der Waals surface area contributed by atoms with E-state index in [1.54, 1.807) is 0 Å². The number of hydrogen-bond acceptors (Lipinski definition) is 3. The molecule has 1 aliphatic rings. The lowest BCUT2D eigenvalue weighted by Gasteiger charge is -2.34. The third-order valence-electron chi connectivity index (χ3n) is 7.34. The molecule has 0 spiro atoms. The van der Waals surface area contributed by atoms with Crippen molar-refractivity contribution in [3.8, 4) is 5.75 Å². The van der Waals surface area contributed by atoms with Crippen LogP contribution in [0.15, 0.2) is 61.2 Å². The summed E-state index contributed by atoms with van der Waals surface area (Å²) in [6, 6.07) is 19.0. The second-order valence-electron chi connectivity index (χ2n) is 9.61. The van der Waals surface area contributed by atoms with E-state index in [0.717, 1.165) is 44.0 Å². The predicted octanol–water partition coefficient (Wildman–Crippen LogP) is 6.32. The van der Waals surface area contributed by atoms with Crippen molar-refractivity contribution in [3.63, 3.8) is 0 Å². The van der Waals surface area contributed by atoms with E-state index in [-0.39, 0.29) is 5.41 Å². The molecule has 0 unspecified atom stereocenters. The summed E-state index contributed by atoms with van der Waals surface area (Å²) in [5, 5.41) is 10.4. The molecule has 3 rings (SSSR count). The van der Waals surface area contributed by atoms with Gasteiger partial charge >= 0.3 is 0 Å². The van der Waals surface area contributed by atoms with Crippen molar-refractivity contribution in [1.82, 2.24) is 4.90 Å². The smallest absolute Gasteiger partial charge is 0.119 e. The lowest BCUT2D eigenvalue weighted by molar-refractivity contribution is 0.0563.